The first-order valence-corrected chi connectivity index (χ1v) is 9.95. The van der Waals surface area contributed by atoms with E-state index in [4.69, 9.17) is 4.98 Å². The summed E-state index contributed by atoms with van der Waals surface area (Å²) in [5, 5.41) is 1.09. The molecule has 2 heterocycles. The van der Waals surface area contributed by atoms with Crippen LogP contribution in [0.2, 0.25) is 0 Å². The quantitative estimate of drug-likeness (QED) is 0.829. The minimum atomic E-state index is 0.264. The van der Waals surface area contributed by atoms with Gasteiger partial charge in [-0.1, -0.05) is 42.7 Å². The van der Waals surface area contributed by atoms with E-state index < -0.39 is 0 Å². The summed E-state index contributed by atoms with van der Waals surface area (Å²) in [4.78, 5) is 22.1. The number of anilines is 1. The van der Waals surface area contributed by atoms with E-state index in [2.05, 4.69) is 34.9 Å². The fourth-order valence-electron chi connectivity index (χ4n) is 4.04. The van der Waals surface area contributed by atoms with Gasteiger partial charge in [-0.15, -0.1) is 0 Å². The van der Waals surface area contributed by atoms with Gasteiger partial charge in [0.1, 0.15) is 0 Å². The van der Waals surface area contributed by atoms with E-state index >= 15 is 0 Å². The maximum Gasteiger partial charge on any atom is 0.226 e. The first-order chi connectivity index (χ1) is 11.7. The highest BCUT2D eigenvalue weighted by molar-refractivity contribution is 7.22. The van der Waals surface area contributed by atoms with Gasteiger partial charge in [-0.25, -0.2) is 4.98 Å². The fourth-order valence-corrected chi connectivity index (χ4v) is 5.04. The molecule has 1 saturated heterocycles. The first kappa shape index (κ1) is 15.9. The molecular formula is C19H25N3OS. The Hall–Kier alpha value is -1.62. The molecule has 0 radical (unpaired) electrons. The number of benzene rings is 1. The Kier molecular flexibility index (Phi) is 4.44. The van der Waals surface area contributed by atoms with Crippen molar-refractivity contribution in [2.24, 2.45) is 5.92 Å². The molecule has 1 atom stereocenters. The third-order valence-electron chi connectivity index (χ3n) is 5.42. The van der Waals surface area contributed by atoms with Gasteiger partial charge in [-0.2, -0.15) is 0 Å². The van der Waals surface area contributed by atoms with Gasteiger partial charge in [0.15, 0.2) is 5.13 Å². The van der Waals surface area contributed by atoms with Crippen molar-refractivity contribution in [1.82, 2.24) is 9.88 Å². The molecular weight excluding hydrogens is 318 g/mol. The molecule has 128 valence electrons. The largest absolute Gasteiger partial charge is 0.344 e. The van der Waals surface area contributed by atoms with E-state index in [1.807, 2.05) is 6.07 Å². The van der Waals surface area contributed by atoms with Crippen molar-refractivity contribution in [1.29, 1.82) is 0 Å². The molecule has 0 N–H and O–H groups in total. The molecule has 0 spiro atoms. The number of amides is 1. The van der Waals surface area contributed by atoms with Gasteiger partial charge in [-0.05, 0) is 31.9 Å². The number of piperazine rings is 1. The van der Waals surface area contributed by atoms with Gasteiger partial charge < -0.3 is 9.80 Å². The molecule has 1 aliphatic carbocycles. The molecule has 4 rings (SSSR count). The third kappa shape index (κ3) is 3.02. The number of carbonyl (C=O) groups is 1. The molecule has 5 heteroatoms. The highest BCUT2D eigenvalue weighted by Gasteiger charge is 2.33. The van der Waals surface area contributed by atoms with Gasteiger partial charge in [0.05, 0.1) is 10.2 Å². The predicted molar refractivity (Wildman–Crippen MR) is 99.6 cm³/mol. The van der Waals surface area contributed by atoms with Crippen LogP contribution in [0.4, 0.5) is 5.13 Å². The normalized spacial score (nSPS) is 23.0. The Labute approximate surface area is 147 Å². The maximum absolute atomic E-state index is 12.8. The van der Waals surface area contributed by atoms with Gasteiger partial charge in [-0.3, -0.25) is 4.79 Å². The minimum absolute atomic E-state index is 0.264. The number of aromatic nitrogens is 1. The zero-order valence-corrected chi connectivity index (χ0v) is 15.1. The highest BCUT2D eigenvalue weighted by Crippen LogP contribution is 2.31. The van der Waals surface area contributed by atoms with E-state index in [0.717, 1.165) is 43.1 Å². The maximum atomic E-state index is 12.8. The number of hydrogen-bond acceptors (Lipinski definition) is 4. The molecule has 0 bridgehead atoms. The third-order valence-corrected chi connectivity index (χ3v) is 6.52. The highest BCUT2D eigenvalue weighted by atomic mass is 32.1. The molecule has 1 amide bonds. The SMILES string of the molecule is CC1CN(c2nc3ccccc3s2)CCN1C(=O)C1CCCCC1. The monoisotopic (exact) mass is 343 g/mol. The van der Waals surface area contributed by atoms with Crippen molar-refractivity contribution < 1.29 is 4.79 Å². The topological polar surface area (TPSA) is 36.4 Å². The molecule has 4 nitrogen and oxygen atoms in total. The molecule has 1 unspecified atom stereocenters. The number of fused-ring (bicyclic) bond motifs is 1. The van der Waals surface area contributed by atoms with Crippen molar-refractivity contribution in [2.75, 3.05) is 24.5 Å². The number of rotatable bonds is 2. The van der Waals surface area contributed by atoms with Crippen molar-refractivity contribution in [3.05, 3.63) is 24.3 Å². The van der Waals surface area contributed by atoms with Crippen molar-refractivity contribution in [3.63, 3.8) is 0 Å². The Bertz CT molecular complexity index is 689. The average molecular weight is 343 g/mol. The molecule has 1 aromatic carbocycles. The molecule has 1 aromatic heterocycles. The zero-order valence-electron chi connectivity index (χ0n) is 14.3. The lowest BCUT2D eigenvalue weighted by atomic mass is 9.88. The van der Waals surface area contributed by atoms with E-state index in [1.165, 1.54) is 24.0 Å². The number of para-hydroxylation sites is 1. The molecule has 2 aromatic rings. The minimum Gasteiger partial charge on any atom is -0.344 e. The smallest absolute Gasteiger partial charge is 0.226 e. The standard InChI is InChI=1S/C19H25N3OS/c1-14-13-21(19-20-16-9-5-6-10-17(16)24-19)11-12-22(14)18(23)15-7-3-2-4-8-15/h5-6,9-10,14-15H,2-4,7-8,11-13H2,1H3. The van der Waals surface area contributed by atoms with Crippen LogP contribution in [0.25, 0.3) is 10.2 Å². The lowest BCUT2D eigenvalue weighted by Gasteiger charge is -2.41. The lowest BCUT2D eigenvalue weighted by molar-refractivity contribution is -0.139. The van der Waals surface area contributed by atoms with E-state index in [-0.39, 0.29) is 12.0 Å². The second kappa shape index (κ2) is 6.71. The summed E-state index contributed by atoms with van der Waals surface area (Å²) in [6, 6.07) is 8.56. The second-order valence-electron chi connectivity index (χ2n) is 7.13. The van der Waals surface area contributed by atoms with E-state index in [9.17, 15) is 4.79 Å². The fraction of sp³-hybridized carbons (Fsp3) is 0.579. The number of carbonyl (C=O) groups excluding carboxylic acids is 1. The summed E-state index contributed by atoms with van der Waals surface area (Å²) >= 11 is 1.75. The Morgan fingerprint density at radius 2 is 1.96 bits per heavy atom. The zero-order chi connectivity index (χ0) is 16.5. The van der Waals surface area contributed by atoms with Crippen LogP contribution in [0.5, 0.6) is 0 Å². The number of thiazole rings is 1. The van der Waals surface area contributed by atoms with Crippen LogP contribution in [0.1, 0.15) is 39.0 Å². The lowest BCUT2D eigenvalue weighted by Crippen LogP contribution is -2.55. The molecule has 2 aliphatic rings. The van der Waals surface area contributed by atoms with Crippen LogP contribution < -0.4 is 4.90 Å². The van der Waals surface area contributed by atoms with Gasteiger partial charge in [0, 0.05) is 31.6 Å². The van der Waals surface area contributed by atoms with Crippen LogP contribution in [0.15, 0.2) is 24.3 Å². The van der Waals surface area contributed by atoms with Gasteiger partial charge in [0.2, 0.25) is 5.91 Å². The summed E-state index contributed by atoms with van der Waals surface area (Å²) in [5.74, 6) is 0.668. The van der Waals surface area contributed by atoms with Crippen LogP contribution in [-0.4, -0.2) is 41.5 Å². The second-order valence-corrected chi connectivity index (χ2v) is 8.13. The van der Waals surface area contributed by atoms with E-state index in [0.29, 0.717) is 5.91 Å². The van der Waals surface area contributed by atoms with Crippen LogP contribution in [0.3, 0.4) is 0 Å². The number of nitrogens with zero attached hydrogens (tertiary/aromatic N) is 3. The van der Waals surface area contributed by atoms with Gasteiger partial charge in [0.25, 0.3) is 0 Å². The molecule has 24 heavy (non-hydrogen) atoms. The van der Waals surface area contributed by atoms with Crippen LogP contribution in [-0.2, 0) is 4.79 Å². The average Bonchev–Trinajstić information content (AvgIpc) is 3.06. The Balaban J connectivity index is 1.44. The summed E-state index contributed by atoms with van der Waals surface area (Å²) in [5.41, 5.74) is 1.07. The predicted octanol–water partition coefficient (Wildman–Crippen LogP) is 3.91. The summed E-state index contributed by atoms with van der Waals surface area (Å²) < 4.78 is 1.24. The molecule has 1 aliphatic heterocycles. The summed E-state index contributed by atoms with van der Waals surface area (Å²) in [6.07, 6.45) is 5.91. The van der Waals surface area contributed by atoms with Crippen molar-refractivity contribution >= 4 is 32.6 Å². The molecule has 1 saturated carbocycles. The summed E-state index contributed by atoms with van der Waals surface area (Å²) in [6.45, 7) is 4.79. The van der Waals surface area contributed by atoms with Gasteiger partial charge >= 0.3 is 0 Å². The Morgan fingerprint density at radius 3 is 2.71 bits per heavy atom. The summed E-state index contributed by atoms with van der Waals surface area (Å²) in [7, 11) is 0. The Morgan fingerprint density at radius 1 is 1.17 bits per heavy atom. The van der Waals surface area contributed by atoms with E-state index in [1.54, 1.807) is 11.3 Å². The van der Waals surface area contributed by atoms with Crippen molar-refractivity contribution in [3.8, 4) is 0 Å². The molecule has 2 fully saturated rings. The first-order valence-electron chi connectivity index (χ1n) is 9.13. The number of hydrogen-bond donors (Lipinski definition) is 0. The van der Waals surface area contributed by atoms with Crippen LogP contribution >= 0.6 is 11.3 Å². The van der Waals surface area contributed by atoms with Crippen LogP contribution in [0, 0.1) is 5.92 Å². The van der Waals surface area contributed by atoms with Crippen molar-refractivity contribution in [2.45, 2.75) is 45.1 Å².